The van der Waals surface area contributed by atoms with Crippen LogP contribution in [0.3, 0.4) is 0 Å². The smallest absolute Gasteiger partial charge is 0.362 e. The van der Waals surface area contributed by atoms with Gasteiger partial charge in [0.2, 0.25) is 0 Å². The molecular formula is C11H16F3NOS. The second kappa shape index (κ2) is 5.84. The van der Waals surface area contributed by atoms with Crippen molar-refractivity contribution < 1.29 is 17.9 Å². The van der Waals surface area contributed by atoms with Crippen LogP contribution in [-0.2, 0) is 4.74 Å². The Bertz CT molecular complexity index is 351. The van der Waals surface area contributed by atoms with Gasteiger partial charge < -0.3 is 10.5 Å². The summed E-state index contributed by atoms with van der Waals surface area (Å²) in [5.41, 5.74) is 5.80. The predicted molar refractivity (Wildman–Crippen MR) is 62.1 cm³/mol. The summed E-state index contributed by atoms with van der Waals surface area (Å²) in [6.45, 7) is 2.46. The lowest BCUT2D eigenvalue weighted by Gasteiger charge is -2.23. The fraction of sp³-hybridized carbons (Fsp3) is 0.636. The molecule has 2 atom stereocenters. The van der Waals surface area contributed by atoms with Crippen molar-refractivity contribution in [3.8, 4) is 0 Å². The molecule has 1 aromatic heterocycles. The summed E-state index contributed by atoms with van der Waals surface area (Å²) >= 11 is 1.42. The summed E-state index contributed by atoms with van der Waals surface area (Å²) in [6, 6.07) is 3.21. The predicted octanol–water partition coefficient (Wildman–Crippen LogP) is 3.41. The molecule has 0 saturated carbocycles. The van der Waals surface area contributed by atoms with Crippen LogP contribution in [0.25, 0.3) is 0 Å². The van der Waals surface area contributed by atoms with Gasteiger partial charge in [0, 0.05) is 15.8 Å². The molecule has 0 aromatic carbocycles. The molecule has 1 rings (SSSR count). The summed E-state index contributed by atoms with van der Waals surface area (Å²) in [5.74, 6) is 0. The van der Waals surface area contributed by atoms with E-state index < -0.39 is 24.9 Å². The van der Waals surface area contributed by atoms with E-state index in [4.69, 9.17) is 10.5 Å². The summed E-state index contributed by atoms with van der Waals surface area (Å²) < 4.78 is 41.3. The minimum atomic E-state index is -4.32. The first kappa shape index (κ1) is 14.5. The van der Waals surface area contributed by atoms with Gasteiger partial charge in [0.25, 0.3) is 0 Å². The summed E-state index contributed by atoms with van der Waals surface area (Å²) in [5, 5.41) is 0. The number of nitrogens with two attached hydrogens (primary N) is 1. The van der Waals surface area contributed by atoms with Crippen molar-refractivity contribution in [3.05, 3.63) is 21.9 Å². The first-order valence-corrected chi connectivity index (χ1v) is 6.15. The Labute approximate surface area is 103 Å². The van der Waals surface area contributed by atoms with Gasteiger partial charge in [0.1, 0.15) is 12.7 Å². The Balaban J connectivity index is 2.74. The number of aryl methyl sites for hydroxylation is 1. The number of thiophene rings is 1. The summed E-state index contributed by atoms with van der Waals surface area (Å²) in [4.78, 5) is 1.78. The Morgan fingerprint density at radius 2 is 2.06 bits per heavy atom. The standard InChI is InChI=1S/C11H16F3NOS/c1-3-8(15)10(16-6-11(12,13)14)9-5-4-7(2)17-9/h4-5,8,10H,3,6,15H2,1-2H3. The van der Waals surface area contributed by atoms with Gasteiger partial charge in [-0.05, 0) is 25.5 Å². The van der Waals surface area contributed by atoms with Crippen molar-refractivity contribution in [2.45, 2.75) is 38.6 Å². The molecule has 0 radical (unpaired) electrons. The molecule has 17 heavy (non-hydrogen) atoms. The molecule has 2 N–H and O–H groups in total. The fourth-order valence-electron chi connectivity index (χ4n) is 1.42. The van der Waals surface area contributed by atoms with Gasteiger partial charge in [-0.25, -0.2) is 0 Å². The number of rotatable bonds is 5. The van der Waals surface area contributed by atoms with Gasteiger partial charge >= 0.3 is 6.18 Å². The van der Waals surface area contributed by atoms with Crippen LogP contribution >= 0.6 is 11.3 Å². The topological polar surface area (TPSA) is 35.2 Å². The quantitative estimate of drug-likeness (QED) is 0.887. The third-order valence-corrected chi connectivity index (χ3v) is 3.39. The number of hydrogen-bond donors (Lipinski definition) is 1. The van der Waals surface area contributed by atoms with Crippen LogP contribution in [0.1, 0.15) is 29.2 Å². The normalized spacial score (nSPS) is 15.9. The number of hydrogen-bond acceptors (Lipinski definition) is 3. The Kier molecular flexibility index (Phi) is 4.97. The Hall–Kier alpha value is -0.590. The fourth-order valence-corrected chi connectivity index (χ4v) is 2.42. The highest BCUT2D eigenvalue weighted by Crippen LogP contribution is 2.30. The number of ether oxygens (including phenoxy) is 1. The first-order chi connectivity index (χ1) is 7.83. The van der Waals surface area contributed by atoms with E-state index in [0.29, 0.717) is 6.42 Å². The molecule has 98 valence electrons. The van der Waals surface area contributed by atoms with Crippen molar-refractivity contribution in [2.75, 3.05) is 6.61 Å². The van der Waals surface area contributed by atoms with Crippen LogP contribution in [0.2, 0.25) is 0 Å². The van der Waals surface area contributed by atoms with Crippen molar-refractivity contribution in [1.82, 2.24) is 0 Å². The average molecular weight is 267 g/mol. The molecule has 0 fully saturated rings. The third-order valence-electron chi connectivity index (χ3n) is 2.33. The minimum Gasteiger partial charge on any atom is -0.362 e. The zero-order chi connectivity index (χ0) is 13.1. The van der Waals surface area contributed by atoms with Crippen molar-refractivity contribution in [2.24, 2.45) is 5.73 Å². The van der Waals surface area contributed by atoms with Crippen molar-refractivity contribution in [1.29, 1.82) is 0 Å². The third kappa shape index (κ3) is 4.65. The van der Waals surface area contributed by atoms with E-state index in [1.54, 1.807) is 6.07 Å². The molecule has 0 aliphatic rings. The lowest BCUT2D eigenvalue weighted by molar-refractivity contribution is -0.187. The van der Waals surface area contributed by atoms with E-state index in [0.717, 1.165) is 9.75 Å². The number of halogens is 3. The Morgan fingerprint density at radius 3 is 2.47 bits per heavy atom. The molecule has 6 heteroatoms. The highest BCUT2D eigenvalue weighted by Gasteiger charge is 2.31. The minimum absolute atomic E-state index is 0.421. The lowest BCUT2D eigenvalue weighted by Crippen LogP contribution is -2.31. The maximum atomic E-state index is 12.1. The SMILES string of the molecule is CCC(N)C(OCC(F)(F)F)c1ccc(C)s1. The van der Waals surface area contributed by atoms with Crippen LogP contribution in [0.4, 0.5) is 13.2 Å². The van der Waals surface area contributed by atoms with E-state index in [2.05, 4.69) is 0 Å². The maximum Gasteiger partial charge on any atom is 0.411 e. The zero-order valence-corrected chi connectivity index (χ0v) is 10.6. The summed E-state index contributed by atoms with van der Waals surface area (Å²) in [6.07, 6.45) is -4.43. The van der Waals surface area contributed by atoms with E-state index in [9.17, 15) is 13.2 Å². The molecule has 0 amide bonds. The van der Waals surface area contributed by atoms with Gasteiger partial charge in [-0.15, -0.1) is 11.3 Å². The molecular weight excluding hydrogens is 251 g/mol. The summed E-state index contributed by atoms with van der Waals surface area (Å²) in [7, 11) is 0. The monoisotopic (exact) mass is 267 g/mol. The molecule has 0 aliphatic carbocycles. The first-order valence-electron chi connectivity index (χ1n) is 5.33. The molecule has 0 aliphatic heterocycles. The van der Waals surface area contributed by atoms with Crippen LogP contribution in [0, 0.1) is 6.92 Å². The van der Waals surface area contributed by atoms with Gasteiger partial charge in [0.15, 0.2) is 0 Å². The maximum absolute atomic E-state index is 12.1. The molecule has 2 unspecified atom stereocenters. The average Bonchev–Trinajstić information content (AvgIpc) is 2.63. The van der Waals surface area contributed by atoms with E-state index in [1.807, 2.05) is 19.9 Å². The van der Waals surface area contributed by atoms with Crippen molar-refractivity contribution in [3.63, 3.8) is 0 Å². The van der Waals surface area contributed by atoms with Gasteiger partial charge in [-0.2, -0.15) is 13.2 Å². The van der Waals surface area contributed by atoms with Gasteiger partial charge in [-0.1, -0.05) is 6.92 Å². The second-order valence-electron chi connectivity index (χ2n) is 3.87. The highest BCUT2D eigenvalue weighted by molar-refractivity contribution is 7.12. The van der Waals surface area contributed by atoms with Gasteiger partial charge in [-0.3, -0.25) is 0 Å². The van der Waals surface area contributed by atoms with Crippen LogP contribution in [0.5, 0.6) is 0 Å². The molecule has 2 nitrogen and oxygen atoms in total. The molecule has 1 aromatic rings. The van der Waals surface area contributed by atoms with E-state index in [-0.39, 0.29) is 0 Å². The largest absolute Gasteiger partial charge is 0.411 e. The Morgan fingerprint density at radius 1 is 1.41 bits per heavy atom. The van der Waals surface area contributed by atoms with E-state index >= 15 is 0 Å². The molecule has 0 spiro atoms. The van der Waals surface area contributed by atoms with Crippen LogP contribution in [0.15, 0.2) is 12.1 Å². The van der Waals surface area contributed by atoms with Crippen LogP contribution in [-0.4, -0.2) is 18.8 Å². The lowest BCUT2D eigenvalue weighted by atomic mass is 10.1. The van der Waals surface area contributed by atoms with Crippen molar-refractivity contribution >= 4 is 11.3 Å². The zero-order valence-electron chi connectivity index (χ0n) is 9.75. The second-order valence-corrected chi connectivity index (χ2v) is 5.19. The highest BCUT2D eigenvalue weighted by atomic mass is 32.1. The van der Waals surface area contributed by atoms with E-state index in [1.165, 1.54) is 11.3 Å². The molecule has 1 heterocycles. The molecule has 0 saturated heterocycles. The molecule has 0 bridgehead atoms. The van der Waals surface area contributed by atoms with Gasteiger partial charge in [0.05, 0.1) is 0 Å². The number of alkyl halides is 3. The van der Waals surface area contributed by atoms with Crippen LogP contribution < -0.4 is 5.73 Å².